The molecule has 0 unspecified atom stereocenters. The van der Waals surface area contributed by atoms with Gasteiger partial charge in [0.25, 0.3) is 5.91 Å². The molecule has 0 atom stereocenters. The number of nitrogens with zero attached hydrogens (tertiary/aromatic N) is 3. The van der Waals surface area contributed by atoms with Crippen molar-refractivity contribution in [1.82, 2.24) is 15.2 Å². The molecule has 0 aliphatic rings. The molecular weight excluding hydrogens is 246 g/mol. The molecule has 0 spiro atoms. The second kappa shape index (κ2) is 5.76. The van der Waals surface area contributed by atoms with Crippen LogP contribution in [0.1, 0.15) is 17.3 Å². The minimum atomic E-state index is -0.399. The van der Waals surface area contributed by atoms with E-state index in [0.29, 0.717) is 23.6 Å². The van der Waals surface area contributed by atoms with E-state index in [2.05, 4.69) is 20.5 Å². The van der Waals surface area contributed by atoms with Crippen molar-refractivity contribution in [3.8, 4) is 5.75 Å². The summed E-state index contributed by atoms with van der Waals surface area (Å²) in [6, 6.07) is 4.96. The third kappa shape index (κ3) is 2.95. The maximum absolute atomic E-state index is 12.1. The van der Waals surface area contributed by atoms with E-state index >= 15 is 0 Å². The average molecular weight is 259 g/mol. The van der Waals surface area contributed by atoms with Crippen molar-refractivity contribution >= 4 is 17.5 Å². The molecule has 19 heavy (non-hydrogen) atoms. The first kappa shape index (κ1) is 12.7. The molecule has 1 aromatic carbocycles. The molecule has 1 aromatic heterocycles. The number of rotatable bonds is 4. The highest BCUT2D eigenvalue weighted by molar-refractivity contribution is 6.06. The highest BCUT2D eigenvalue weighted by Gasteiger charge is 2.15. The molecule has 0 saturated heterocycles. The summed E-state index contributed by atoms with van der Waals surface area (Å²) >= 11 is 0. The molecule has 0 radical (unpaired) electrons. The van der Waals surface area contributed by atoms with E-state index in [-0.39, 0.29) is 5.95 Å². The summed E-state index contributed by atoms with van der Waals surface area (Å²) in [5.41, 5.74) is 6.52. The van der Waals surface area contributed by atoms with Crippen molar-refractivity contribution in [3.63, 3.8) is 0 Å². The van der Waals surface area contributed by atoms with Crippen LogP contribution in [-0.4, -0.2) is 27.7 Å². The number of hydrogen-bond donors (Lipinski definition) is 2. The van der Waals surface area contributed by atoms with Crippen molar-refractivity contribution in [2.75, 3.05) is 17.7 Å². The van der Waals surface area contributed by atoms with E-state index in [4.69, 9.17) is 10.5 Å². The van der Waals surface area contributed by atoms with Crippen LogP contribution in [-0.2, 0) is 0 Å². The average Bonchev–Trinajstić information content (AvgIpc) is 2.42. The Bertz CT molecular complexity index is 574. The lowest BCUT2D eigenvalue weighted by Crippen LogP contribution is -2.16. The highest BCUT2D eigenvalue weighted by atomic mass is 16.5. The largest absolute Gasteiger partial charge is 0.491 e. The Balaban J connectivity index is 2.26. The number of aromatic nitrogens is 3. The third-order valence-corrected chi connectivity index (χ3v) is 2.29. The minimum Gasteiger partial charge on any atom is -0.491 e. The van der Waals surface area contributed by atoms with Crippen LogP contribution in [0, 0.1) is 0 Å². The summed E-state index contributed by atoms with van der Waals surface area (Å²) in [4.78, 5) is 16.0. The maximum atomic E-state index is 12.1. The number of para-hydroxylation sites is 1. The van der Waals surface area contributed by atoms with Crippen molar-refractivity contribution in [1.29, 1.82) is 0 Å². The summed E-state index contributed by atoms with van der Waals surface area (Å²) in [6.07, 6.45) is 2.85. The Morgan fingerprint density at radius 1 is 1.42 bits per heavy atom. The second-order valence-electron chi connectivity index (χ2n) is 3.58. The fraction of sp³-hybridized carbons (Fsp3) is 0.167. The fourth-order valence-corrected chi connectivity index (χ4v) is 1.51. The number of amides is 1. The van der Waals surface area contributed by atoms with Crippen LogP contribution in [0.5, 0.6) is 5.75 Å². The predicted molar refractivity (Wildman–Crippen MR) is 69.8 cm³/mol. The molecule has 1 amide bonds. The molecule has 7 heteroatoms. The van der Waals surface area contributed by atoms with Crippen LogP contribution < -0.4 is 15.8 Å². The van der Waals surface area contributed by atoms with Crippen LogP contribution in [0.4, 0.5) is 11.6 Å². The fourth-order valence-electron chi connectivity index (χ4n) is 1.51. The topological polar surface area (TPSA) is 103 Å². The normalized spacial score (nSPS) is 9.95. The van der Waals surface area contributed by atoms with Crippen molar-refractivity contribution in [2.24, 2.45) is 0 Å². The number of carbonyl (C=O) groups excluding carboxylic acids is 1. The van der Waals surface area contributed by atoms with Gasteiger partial charge in [0.15, 0.2) is 5.75 Å². The van der Waals surface area contributed by atoms with Gasteiger partial charge >= 0.3 is 0 Å². The summed E-state index contributed by atoms with van der Waals surface area (Å²) < 4.78 is 5.38. The molecule has 98 valence electrons. The number of benzene rings is 1. The van der Waals surface area contributed by atoms with E-state index < -0.39 is 5.91 Å². The van der Waals surface area contributed by atoms with Crippen LogP contribution in [0.15, 0.2) is 30.6 Å². The minimum absolute atomic E-state index is 0.123. The lowest BCUT2D eigenvalue weighted by atomic mass is 10.1. The van der Waals surface area contributed by atoms with Gasteiger partial charge in [0, 0.05) is 0 Å². The van der Waals surface area contributed by atoms with E-state index in [1.807, 2.05) is 6.92 Å². The van der Waals surface area contributed by atoms with E-state index in [1.165, 1.54) is 12.4 Å². The number of ether oxygens (including phenoxy) is 1. The zero-order chi connectivity index (χ0) is 13.7. The quantitative estimate of drug-likeness (QED) is 0.797. The van der Waals surface area contributed by atoms with Gasteiger partial charge in [0.2, 0.25) is 5.95 Å². The molecule has 0 aliphatic carbocycles. The monoisotopic (exact) mass is 259 g/mol. The molecule has 0 bridgehead atoms. The van der Waals surface area contributed by atoms with Crippen molar-refractivity contribution in [2.45, 2.75) is 6.92 Å². The van der Waals surface area contributed by atoms with Gasteiger partial charge in [0.05, 0.1) is 30.3 Å². The first-order valence-corrected chi connectivity index (χ1v) is 5.68. The van der Waals surface area contributed by atoms with Gasteiger partial charge in [-0.2, -0.15) is 5.10 Å². The molecular formula is C12H13N5O2. The molecule has 0 saturated carbocycles. The summed E-state index contributed by atoms with van der Waals surface area (Å²) in [6.45, 7) is 2.23. The third-order valence-electron chi connectivity index (χ3n) is 2.29. The zero-order valence-electron chi connectivity index (χ0n) is 10.3. The molecule has 7 nitrogen and oxygen atoms in total. The molecule has 0 fully saturated rings. The Morgan fingerprint density at radius 3 is 2.95 bits per heavy atom. The number of nitrogen functional groups attached to an aromatic ring is 1. The number of nitrogens with one attached hydrogen (secondary N) is 1. The molecule has 2 rings (SSSR count). The van der Waals surface area contributed by atoms with Gasteiger partial charge in [0.1, 0.15) is 0 Å². The van der Waals surface area contributed by atoms with Gasteiger partial charge < -0.3 is 10.5 Å². The standard InChI is InChI=1S/C12H13N5O2/c1-2-19-10-8(4-3-5-9(10)13)11(18)16-12-14-6-7-15-17-12/h3-7H,2,13H2,1H3,(H,14,16,17,18). The Hall–Kier alpha value is -2.70. The van der Waals surface area contributed by atoms with Gasteiger partial charge in [-0.1, -0.05) is 6.07 Å². The second-order valence-corrected chi connectivity index (χ2v) is 3.58. The SMILES string of the molecule is CCOc1c(N)cccc1C(=O)Nc1nccnn1. The predicted octanol–water partition coefficient (Wildman–Crippen LogP) is 1.10. The van der Waals surface area contributed by atoms with Crippen LogP contribution in [0.3, 0.4) is 0 Å². The van der Waals surface area contributed by atoms with Gasteiger partial charge in [-0.25, -0.2) is 4.98 Å². The summed E-state index contributed by atoms with van der Waals surface area (Å²) in [5, 5.41) is 9.83. The highest BCUT2D eigenvalue weighted by Crippen LogP contribution is 2.26. The summed E-state index contributed by atoms with van der Waals surface area (Å²) in [7, 11) is 0. The van der Waals surface area contributed by atoms with Crippen LogP contribution in [0.25, 0.3) is 0 Å². The lowest BCUT2D eigenvalue weighted by molar-refractivity contribution is 0.102. The molecule has 0 aliphatic heterocycles. The maximum Gasteiger partial charge on any atom is 0.261 e. The first-order chi connectivity index (χ1) is 9.22. The van der Waals surface area contributed by atoms with Crippen LogP contribution >= 0.6 is 0 Å². The number of hydrogen-bond acceptors (Lipinski definition) is 6. The Morgan fingerprint density at radius 2 is 2.26 bits per heavy atom. The molecule has 2 aromatic rings. The zero-order valence-corrected chi connectivity index (χ0v) is 10.3. The smallest absolute Gasteiger partial charge is 0.261 e. The van der Waals surface area contributed by atoms with Crippen molar-refractivity contribution in [3.05, 3.63) is 36.2 Å². The lowest BCUT2D eigenvalue weighted by Gasteiger charge is -2.11. The van der Waals surface area contributed by atoms with Gasteiger partial charge in [-0.3, -0.25) is 10.1 Å². The van der Waals surface area contributed by atoms with E-state index in [0.717, 1.165) is 0 Å². The number of carbonyl (C=O) groups is 1. The summed E-state index contributed by atoms with van der Waals surface area (Å²) in [5.74, 6) is 0.0764. The van der Waals surface area contributed by atoms with E-state index in [9.17, 15) is 4.79 Å². The van der Waals surface area contributed by atoms with Gasteiger partial charge in [-0.15, -0.1) is 5.10 Å². The number of nitrogens with two attached hydrogens (primary N) is 1. The van der Waals surface area contributed by atoms with Crippen LogP contribution in [0.2, 0.25) is 0 Å². The molecule has 1 heterocycles. The van der Waals surface area contributed by atoms with E-state index in [1.54, 1.807) is 18.2 Å². The Kier molecular flexibility index (Phi) is 3.87. The Labute approximate surface area is 109 Å². The first-order valence-electron chi connectivity index (χ1n) is 5.68. The van der Waals surface area contributed by atoms with Crippen molar-refractivity contribution < 1.29 is 9.53 Å². The molecule has 3 N–H and O–H groups in total. The number of anilines is 2. The van der Waals surface area contributed by atoms with Gasteiger partial charge in [-0.05, 0) is 19.1 Å².